The molecule has 3 saturated heterocycles. The Balaban J connectivity index is 1.64. The van der Waals surface area contributed by atoms with E-state index in [1.165, 1.54) is 0 Å². The van der Waals surface area contributed by atoms with Crippen LogP contribution >= 0.6 is 0 Å². The van der Waals surface area contributed by atoms with Crippen LogP contribution in [0, 0.1) is 0 Å². The zero-order valence-corrected chi connectivity index (χ0v) is 12.6. The average molecular weight is 255 g/mol. The predicted molar refractivity (Wildman–Crippen MR) is 70.7 cm³/mol. The Labute approximate surface area is 105 Å². The van der Waals surface area contributed by atoms with Gasteiger partial charge in [-0.2, -0.15) is 0 Å². The molecule has 5 atom stereocenters. The standard InChI is InChI=1S/C13H25NO2Si/c1-13(2,3)17(4,5)16-8-6-9-11-12(15-11)10(7-8)14-9/h8-12,14H,6-7H2,1-5H3/t8?,9-,10+,11-,12+. The molecular weight excluding hydrogens is 230 g/mol. The third-order valence-electron chi connectivity index (χ3n) is 5.08. The summed E-state index contributed by atoms with van der Waals surface area (Å²) in [5, 5.41) is 3.97. The monoisotopic (exact) mass is 255 g/mol. The number of epoxide rings is 1. The first-order valence-corrected chi connectivity index (χ1v) is 9.78. The molecule has 0 aromatic rings. The summed E-state index contributed by atoms with van der Waals surface area (Å²) >= 11 is 0. The molecule has 3 nitrogen and oxygen atoms in total. The minimum Gasteiger partial charge on any atom is -0.414 e. The van der Waals surface area contributed by atoms with Crippen molar-refractivity contribution in [2.45, 2.75) is 82.1 Å². The molecular formula is C13H25NO2Si. The first kappa shape index (κ1) is 12.1. The van der Waals surface area contributed by atoms with E-state index in [1.54, 1.807) is 0 Å². The first-order chi connectivity index (χ1) is 7.78. The van der Waals surface area contributed by atoms with Gasteiger partial charge in [0.1, 0.15) is 12.2 Å². The first-order valence-electron chi connectivity index (χ1n) is 6.87. The lowest BCUT2D eigenvalue weighted by molar-refractivity contribution is 0.0845. The number of hydrogen-bond donors (Lipinski definition) is 1. The van der Waals surface area contributed by atoms with Gasteiger partial charge in [-0.05, 0) is 31.0 Å². The van der Waals surface area contributed by atoms with Crippen molar-refractivity contribution in [3.63, 3.8) is 0 Å². The third-order valence-corrected chi connectivity index (χ3v) is 9.62. The molecule has 0 aromatic carbocycles. The van der Waals surface area contributed by atoms with Gasteiger partial charge in [0, 0.05) is 18.2 Å². The summed E-state index contributed by atoms with van der Waals surface area (Å²) in [4.78, 5) is 0. The summed E-state index contributed by atoms with van der Waals surface area (Å²) in [6, 6.07) is 1.13. The van der Waals surface area contributed by atoms with Crippen molar-refractivity contribution in [1.82, 2.24) is 5.32 Å². The van der Waals surface area contributed by atoms with E-state index >= 15 is 0 Å². The van der Waals surface area contributed by atoms with Crippen LogP contribution in [0.25, 0.3) is 0 Å². The maximum absolute atomic E-state index is 6.54. The van der Waals surface area contributed by atoms with E-state index in [-0.39, 0.29) is 0 Å². The van der Waals surface area contributed by atoms with Crippen LogP contribution in [0.4, 0.5) is 0 Å². The number of fused-ring (bicyclic) bond motifs is 5. The van der Waals surface area contributed by atoms with Gasteiger partial charge in [0.15, 0.2) is 8.32 Å². The molecule has 0 amide bonds. The zero-order chi connectivity index (χ0) is 12.4. The Hall–Kier alpha value is 0.0969. The minimum atomic E-state index is -1.60. The van der Waals surface area contributed by atoms with Crippen molar-refractivity contribution in [1.29, 1.82) is 0 Å². The fourth-order valence-corrected chi connectivity index (χ4v) is 4.38. The van der Waals surface area contributed by atoms with Gasteiger partial charge in [-0.25, -0.2) is 0 Å². The van der Waals surface area contributed by atoms with Gasteiger partial charge in [0.05, 0.1) is 0 Å². The molecule has 3 rings (SSSR count). The molecule has 0 aromatic heterocycles. The summed E-state index contributed by atoms with van der Waals surface area (Å²) in [7, 11) is -1.60. The maximum atomic E-state index is 6.54. The van der Waals surface area contributed by atoms with Crippen molar-refractivity contribution in [2.75, 3.05) is 0 Å². The normalized spacial score (nSPS) is 44.6. The number of rotatable bonds is 2. The number of ether oxygens (including phenoxy) is 1. The number of morpholine rings is 1. The van der Waals surface area contributed by atoms with Gasteiger partial charge in [-0.3, -0.25) is 0 Å². The highest BCUT2D eigenvalue weighted by atomic mass is 28.4. The number of piperidine rings is 1. The second kappa shape index (κ2) is 3.56. The lowest BCUT2D eigenvalue weighted by Crippen LogP contribution is -2.51. The average Bonchev–Trinajstić information content (AvgIpc) is 2.89. The fraction of sp³-hybridized carbons (Fsp3) is 1.00. The molecule has 3 heterocycles. The van der Waals surface area contributed by atoms with Crippen molar-refractivity contribution in [2.24, 2.45) is 0 Å². The molecule has 98 valence electrons. The van der Waals surface area contributed by atoms with Crippen LogP contribution in [-0.2, 0) is 9.16 Å². The van der Waals surface area contributed by atoms with E-state index in [4.69, 9.17) is 9.16 Å². The van der Waals surface area contributed by atoms with Crippen LogP contribution in [0.2, 0.25) is 18.1 Å². The van der Waals surface area contributed by atoms with Gasteiger partial charge in [0.25, 0.3) is 0 Å². The molecule has 3 aliphatic heterocycles. The molecule has 3 aliphatic rings. The molecule has 0 radical (unpaired) electrons. The fourth-order valence-electron chi connectivity index (χ4n) is 3.01. The highest BCUT2D eigenvalue weighted by molar-refractivity contribution is 6.74. The van der Waals surface area contributed by atoms with E-state index in [9.17, 15) is 0 Å². The summed E-state index contributed by atoms with van der Waals surface area (Å²) in [6.07, 6.45) is 3.76. The SMILES string of the molecule is CC(C)(C)[Si](C)(C)OC1C[C@@H]2N[C@H](C1)[C@H]1O[C@H]12. The third kappa shape index (κ3) is 1.99. The van der Waals surface area contributed by atoms with Crippen molar-refractivity contribution >= 4 is 8.32 Å². The zero-order valence-electron chi connectivity index (χ0n) is 11.6. The lowest BCUT2D eigenvalue weighted by atomic mass is 10.0. The summed E-state index contributed by atoms with van der Waals surface area (Å²) in [5.41, 5.74) is 0. The molecule has 17 heavy (non-hydrogen) atoms. The summed E-state index contributed by atoms with van der Waals surface area (Å²) < 4.78 is 12.2. The van der Waals surface area contributed by atoms with E-state index in [0.717, 1.165) is 12.8 Å². The highest BCUT2D eigenvalue weighted by Crippen LogP contribution is 2.45. The highest BCUT2D eigenvalue weighted by Gasteiger charge is 2.59. The summed E-state index contributed by atoms with van der Waals surface area (Å²) in [5.74, 6) is 0. The van der Waals surface area contributed by atoms with Crippen LogP contribution < -0.4 is 5.32 Å². The van der Waals surface area contributed by atoms with Crippen molar-refractivity contribution < 1.29 is 9.16 Å². The number of hydrogen-bond acceptors (Lipinski definition) is 3. The lowest BCUT2D eigenvalue weighted by Gasteiger charge is -2.42. The van der Waals surface area contributed by atoms with Gasteiger partial charge < -0.3 is 14.5 Å². The molecule has 2 bridgehead atoms. The molecule has 0 spiro atoms. The molecule has 0 aliphatic carbocycles. The molecule has 1 N–H and O–H groups in total. The quantitative estimate of drug-likeness (QED) is 0.607. The smallest absolute Gasteiger partial charge is 0.192 e. The second-order valence-electron chi connectivity index (χ2n) is 7.42. The van der Waals surface area contributed by atoms with E-state index < -0.39 is 8.32 Å². The Morgan fingerprint density at radius 2 is 1.65 bits per heavy atom. The van der Waals surface area contributed by atoms with Gasteiger partial charge in [-0.15, -0.1) is 0 Å². The van der Waals surface area contributed by atoms with E-state index in [2.05, 4.69) is 39.2 Å². The topological polar surface area (TPSA) is 33.8 Å². The Bertz CT molecular complexity index is 310. The van der Waals surface area contributed by atoms with Crippen LogP contribution in [0.15, 0.2) is 0 Å². The van der Waals surface area contributed by atoms with Crippen LogP contribution in [0.5, 0.6) is 0 Å². The Morgan fingerprint density at radius 1 is 1.12 bits per heavy atom. The van der Waals surface area contributed by atoms with Crippen molar-refractivity contribution in [3.8, 4) is 0 Å². The predicted octanol–water partition coefficient (Wildman–Crippen LogP) is 2.28. The minimum absolute atomic E-state index is 0.316. The van der Waals surface area contributed by atoms with Gasteiger partial charge >= 0.3 is 0 Å². The number of nitrogens with one attached hydrogen (secondary N) is 1. The Morgan fingerprint density at radius 3 is 2.12 bits per heavy atom. The molecule has 3 fully saturated rings. The van der Waals surface area contributed by atoms with Crippen LogP contribution in [0.1, 0.15) is 33.6 Å². The summed E-state index contributed by atoms with van der Waals surface area (Å²) in [6.45, 7) is 11.7. The van der Waals surface area contributed by atoms with Crippen LogP contribution in [-0.4, -0.2) is 38.7 Å². The second-order valence-corrected chi connectivity index (χ2v) is 12.2. The van der Waals surface area contributed by atoms with Gasteiger partial charge in [-0.1, -0.05) is 20.8 Å². The molecule has 1 unspecified atom stereocenters. The van der Waals surface area contributed by atoms with E-state index in [0.29, 0.717) is 35.4 Å². The molecule has 0 saturated carbocycles. The molecule has 4 heteroatoms. The van der Waals surface area contributed by atoms with Gasteiger partial charge in [0.2, 0.25) is 0 Å². The largest absolute Gasteiger partial charge is 0.414 e. The van der Waals surface area contributed by atoms with E-state index in [1.807, 2.05) is 0 Å². The maximum Gasteiger partial charge on any atom is 0.192 e. The Kier molecular flexibility index (Phi) is 2.54. The van der Waals surface area contributed by atoms with Crippen LogP contribution in [0.3, 0.4) is 0 Å². The van der Waals surface area contributed by atoms with Crippen molar-refractivity contribution in [3.05, 3.63) is 0 Å².